The zero-order valence-electron chi connectivity index (χ0n) is 13.0. The first-order valence-corrected chi connectivity index (χ1v) is 7.32. The standard InChI is InChI=1S/C18H16N2O4/c1-23-13-7-8-14(15(21)9-13)18(22)20-11-17-19-10-16(24-17)12-5-3-2-4-6-12/h2-10,21H,11H2,1H3,(H,20,22). The van der Waals surface area contributed by atoms with Crippen molar-refractivity contribution < 1.29 is 19.1 Å². The summed E-state index contributed by atoms with van der Waals surface area (Å²) in [5.41, 5.74) is 1.07. The van der Waals surface area contributed by atoms with Crippen LogP contribution in [0.2, 0.25) is 0 Å². The first-order valence-electron chi connectivity index (χ1n) is 7.32. The van der Waals surface area contributed by atoms with Crippen molar-refractivity contribution in [2.45, 2.75) is 6.54 Å². The number of ether oxygens (including phenoxy) is 1. The highest BCUT2D eigenvalue weighted by molar-refractivity contribution is 5.96. The number of aromatic hydroxyl groups is 1. The summed E-state index contributed by atoms with van der Waals surface area (Å²) in [5, 5.41) is 12.5. The molecule has 0 fully saturated rings. The van der Waals surface area contributed by atoms with Crippen LogP contribution in [0, 0.1) is 0 Å². The van der Waals surface area contributed by atoms with E-state index < -0.39 is 5.91 Å². The number of rotatable bonds is 5. The number of nitrogens with zero attached hydrogens (tertiary/aromatic N) is 1. The van der Waals surface area contributed by atoms with Crippen LogP contribution >= 0.6 is 0 Å². The molecule has 0 saturated carbocycles. The van der Waals surface area contributed by atoms with Gasteiger partial charge in [0, 0.05) is 11.6 Å². The summed E-state index contributed by atoms with van der Waals surface area (Å²) in [6, 6.07) is 14.0. The van der Waals surface area contributed by atoms with Gasteiger partial charge in [-0.05, 0) is 12.1 Å². The van der Waals surface area contributed by atoms with Crippen LogP contribution in [-0.2, 0) is 6.54 Å². The van der Waals surface area contributed by atoms with E-state index in [1.54, 1.807) is 12.3 Å². The lowest BCUT2D eigenvalue weighted by Crippen LogP contribution is -2.23. The van der Waals surface area contributed by atoms with Gasteiger partial charge in [-0.3, -0.25) is 4.79 Å². The van der Waals surface area contributed by atoms with Crippen molar-refractivity contribution in [2.75, 3.05) is 7.11 Å². The van der Waals surface area contributed by atoms with Gasteiger partial charge in [0.2, 0.25) is 5.89 Å². The number of phenols is 1. The van der Waals surface area contributed by atoms with Crippen LogP contribution in [0.5, 0.6) is 11.5 Å². The summed E-state index contributed by atoms with van der Waals surface area (Å²) in [4.78, 5) is 16.3. The minimum atomic E-state index is -0.422. The molecule has 0 bridgehead atoms. The van der Waals surface area contributed by atoms with Gasteiger partial charge in [0.05, 0.1) is 25.4 Å². The average Bonchev–Trinajstić information content (AvgIpc) is 3.09. The van der Waals surface area contributed by atoms with E-state index in [1.165, 1.54) is 19.2 Å². The Hall–Kier alpha value is -3.28. The van der Waals surface area contributed by atoms with E-state index in [9.17, 15) is 9.90 Å². The Morgan fingerprint density at radius 1 is 1.25 bits per heavy atom. The van der Waals surface area contributed by atoms with Crippen molar-refractivity contribution in [2.24, 2.45) is 0 Å². The van der Waals surface area contributed by atoms with E-state index in [0.29, 0.717) is 17.4 Å². The Morgan fingerprint density at radius 3 is 2.75 bits per heavy atom. The molecule has 1 heterocycles. The third kappa shape index (κ3) is 3.38. The molecule has 0 aliphatic rings. The van der Waals surface area contributed by atoms with Gasteiger partial charge in [0.25, 0.3) is 5.91 Å². The Kier molecular flexibility index (Phi) is 4.47. The van der Waals surface area contributed by atoms with Gasteiger partial charge in [0.1, 0.15) is 11.5 Å². The maximum absolute atomic E-state index is 12.1. The molecule has 122 valence electrons. The van der Waals surface area contributed by atoms with Crippen LogP contribution < -0.4 is 10.1 Å². The normalized spacial score (nSPS) is 10.4. The monoisotopic (exact) mass is 324 g/mol. The molecule has 0 aliphatic carbocycles. The number of phenolic OH excluding ortho intramolecular Hbond substituents is 1. The Morgan fingerprint density at radius 2 is 2.04 bits per heavy atom. The molecule has 0 aliphatic heterocycles. The highest BCUT2D eigenvalue weighted by atomic mass is 16.5. The van der Waals surface area contributed by atoms with Crippen LogP contribution in [0.4, 0.5) is 0 Å². The number of methoxy groups -OCH3 is 1. The molecule has 2 aromatic carbocycles. The fourth-order valence-corrected chi connectivity index (χ4v) is 2.21. The van der Waals surface area contributed by atoms with Crippen LogP contribution in [0.3, 0.4) is 0 Å². The lowest BCUT2D eigenvalue weighted by Gasteiger charge is -2.07. The molecule has 2 N–H and O–H groups in total. The van der Waals surface area contributed by atoms with Gasteiger partial charge in [-0.1, -0.05) is 30.3 Å². The fraction of sp³-hybridized carbons (Fsp3) is 0.111. The van der Waals surface area contributed by atoms with E-state index in [2.05, 4.69) is 10.3 Å². The van der Waals surface area contributed by atoms with Crippen molar-refractivity contribution in [3.8, 4) is 22.8 Å². The summed E-state index contributed by atoms with van der Waals surface area (Å²) in [6.45, 7) is 0.122. The maximum atomic E-state index is 12.1. The second-order valence-corrected chi connectivity index (χ2v) is 5.05. The predicted octanol–water partition coefficient (Wildman–Crippen LogP) is 2.99. The Labute approximate surface area is 138 Å². The fourth-order valence-electron chi connectivity index (χ4n) is 2.21. The number of carbonyl (C=O) groups excluding carboxylic acids is 1. The topological polar surface area (TPSA) is 84.6 Å². The van der Waals surface area contributed by atoms with Gasteiger partial charge >= 0.3 is 0 Å². The summed E-state index contributed by atoms with van der Waals surface area (Å²) in [6.07, 6.45) is 1.61. The van der Waals surface area contributed by atoms with Crippen molar-refractivity contribution in [3.63, 3.8) is 0 Å². The van der Waals surface area contributed by atoms with Gasteiger partial charge in [-0.25, -0.2) is 4.98 Å². The lowest BCUT2D eigenvalue weighted by atomic mass is 10.2. The first-order chi connectivity index (χ1) is 11.7. The second kappa shape index (κ2) is 6.87. The van der Waals surface area contributed by atoms with E-state index in [-0.39, 0.29) is 17.9 Å². The maximum Gasteiger partial charge on any atom is 0.255 e. The zero-order valence-corrected chi connectivity index (χ0v) is 13.0. The molecule has 3 rings (SSSR count). The molecule has 0 atom stereocenters. The number of benzene rings is 2. The molecule has 6 nitrogen and oxygen atoms in total. The predicted molar refractivity (Wildman–Crippen MR) is 87.8 cm³/mol. The van der Waals surface area contributed by atoms with Crippen molar-refractivity contribution in [1.82, 2.24) is 10.3 Å². The Bertz CT molecular complexity index is 843. The summed E-state index contributed by atoms with van der Waals surface area (Å²) in [7, 11) is 1.49. The minimum Gasteiger partial charge on any atom is -0.507 e. The van der Waals surface area contributed by atoms with E-state index in [1.807, 2.05) is 30.3 Å². The first kappa shape index (κ1) is 15.6. The third-order valence-corrected chi connectivity index (χ3v) is 3.46. The summed E-state index contributed by atoms with van der Waals surface area (Å²) >= 11 is 0. The quantitative estimate of drug-likeness (QED) is 0.753. The Balaban J connectivity index is 1.66. The largest absolute Gasteiger partial charge is 0.507 e. The van der Waals surface area contributed by atoms with Gasteiger partial charge in [-0.2, -0.15) is 0 Å². The number of nitrogens with one attached hydrogen (secondary N) is 1. The number of aromatic nitrogens is 1. The number of hydrogen-bond donors (Lipinski definition) is 2. The van der Waals surface area contributed by atoms with Crippen LogP contribution in [0.25, 0.3) is 11.3 Å². The molecule has 0 spiro atoms. The summed E-state index contributed by atoms with van der Waals surface area (Å²) in [5.74, 6) is 0.922. The van der Waals surface area contributed by atoms with Crippen molar-refractivity contribution in [1.29, 1.82) is 0 Å². The molecule has 3 aromatic rings. The molecular weight excluding hydrogens is 308 g/mol. The van der Waals surface area contributed by atoms with E-state index >= 15 is 0 Å². The second-order valence-electron chi connectivity index (χ2n) is 5.05. The molecule has 0 saturated heterocycles. The van der Waals surface area contributed by atoms with Crippen LogP contribution in [-0.4, -0.2) is 23.1 Å². The van der Waals surface area contributed by atoms with Crippen LogP contribution in [0.1, 0.15) is 16.2 Å². The molecule has 6 heteroatoms. The van der Waals surface area contributed by atoms with E-state index in [0.717, 1.165) is 5.56 Å². The smallest absolute Gasteiger partial charge is 0.255 e. The minimum absolute atomic E-state index is 0.122. The number of amides is 1. The SMILES string of the molecule is COc1ccc(C(=O)NCc2ncc(-c3ccccc3)o2)c(O)c1. The van der Waals surface area contributed by atoms with Gasteiger partial charge in [-0.15, -0.1) is 0 Å². The zero-order chi connectivity index (χ0) is 16.9. The third-order valence-electron chi connectivity index (χ3n) is 3.46. The summed E-state index contributed by atoms with van der Waals surface area (Å²) < 4.78 is 10.6. The van der Waals surface area contributed by atoms with E-state index in [4.69, 9.17) is 9.15 Å². The molecule has 0 unspecified atom stereocenters. The molecule has 24 heavy (non-hydrogen) atoms. The highest BCUT2D eigenvalue weighted by Crippen LogP contribution is 2.23. The molecule has 0 radical (unpaired) electrons. The average molecular weight is 324 g/mol. The number of carbonyl (C=O) groups is 1. The molecule has 1 aromatic heterocycles. The van der Waals surface area contributed by atoms with Crippen molar-refractivity contribution >= 4 is 5.91 Å². The van der Waals surface area contributed by atoms with Gasteiger partial charge < -0.3 is 19.6 Å². The van der Waals surface area contributed by atoms with Gasteiger partial charge in [0.15, 0.2) is 5.76 Å². The number of oxazole rings is 1. The lowest BCUT2D eigenvalue weighted by molar-refractivity contribution is 0.0944. The molecular formula is C18H16N2O4. The molecule has 1 amide bonds. The number of hydrogen-bond acceptors (Lipinski definition) is 5. The highest BCUT2D eigenvalue weighted by Gasteiger charge is 2.13. The van der Waals surface area contributed by atoms with Crippen LogP contribution in [0.15, 0.2) is 59.1 Å². The van der Waals surface area contributed by atoms with Crippen molar-refractivity contribution in [3.05, 3.63) is 66.2 Å².